The number of hydrogen-bond donors (Lipinski definition) is 1. The van der Waals surface area contributed by atoms with Gasteiger partial charge in [-0.2, -0.15) is 0 Å². The molecular formula is C14H19F2NO2. The summed E-state index contributed by atoms with van der Waals surface area (Å²) in [6.45, 7) is -0.0339. The van der Waals surface area contributed by atoms with Crippen molar-refractivity contribution in [2.45, 2.75) is 31.4 Å². The van der Waals surface area contributed by atoms with Crippen LogP contribution in [0.4, 0.5) is 8.78 Å². The number of nitrogens with zero attached hydrogens (tertiary/aromatic N) is 1. The number of aliphatic hydroxyl groups is 1. The van der Waals surface area contributed by atoms with Crippen molar-refractivity contribution >= 4 is 0 Å². The minimum atomic E-state index is -2.36. The maximum absolute atomic E-state index is 12.5. The molecule has 0 aromatic heterocycles. The molecule has 0 aliphatic heterocycles. The van der Waals surface area contributed by atoms with Crippen LogP contribution < -0.4 is 4.74 Å². The van der Waals surface area contributed by atoms with Crippen molar-refractivity contribution in [3.63, 3.8) is 0 Å². The summed E-state index contributed by atoms with van der Waals surface area (Å²) in [5.74, 6) is 0.656. The summed E-state index contributed by atoms with van der Waals surface area (Å²) in [7, 11) is 1.55. The quantitative estimate of drug-likeness (QED) is 0.827. The summed E-state index contributed by atoms with van der Waals surface area (Å²) in [6.07, 6.45) is -1.25. The maximum atomic E-state index is 12.5. The number of halogens is 2. The molecule has 1 aliphatic rings. The van der Waals surface area contributed by atoms with Crippen molar-refractivity contribution in [1.29, 1.82) is 0 Å². The molecule has 0 amide bonds. The molecule has 19 heavy (non-hydrogen) atoms. The van der Waals surface area contributed by atoms with Crippen molar-refractivity contribution < 1.29 is 18.6 Å². The Kier molecular flexibility index (Phi) is 4.71. The summed E-state index contributed by atoms with van der Waals surface area (Å²) < 4.78 is 30.1. The van der Waals surface area contributed by atoms with E-state index in [9.17, 15) is 13.9 Å². The fourth-order valence-electron chi connectivity index (χ4n) is 2.17. The Bertz CT molecular complexity index is 410. The summed E-state index contributed by atoms with van der Waals surface area (Å²) in [6, 6.07) is 7.29. The Labute approximate surface area is 111 Å². The first kappa shape index (κ1) is 14.2. The van der Waals surface area contributed by atoms with Gasteiger partial charge in [-0.3, -0.25) is 4.90 Å². The molecule has 1 saturated carbocycles. The Balaban J connectivity index is 1.99. The van der Waals surface area contributed by atoms with Gasteiger partial charge < -0.3 is 9.84 Å². The molecule has 0 heterocycles. The Morgan fingerprint density at radius 3 is 2.68 bits per heavy atom. The lowest BCUT2D eigenvalue weighted by atomic mass is 10.1. The summed E-state index contributed by atoms with van der Waals surface area (Å²) >= 11 is 0. The van der Waals surface area contributed by atoms with Crippen LogP contribution in [0.15, 0.2) is 24.3 Å². The lowest BCUT2D eigenvalue weighted by Crippen LogP contribution is -2.34. The van der Waals surface area contributed by atoms with Crippen molar-refractivity contribution in [2.24, 2.45) is 0 Å². The molecule has 1 fully saturated rings. The van der Waals surface area contributed by atoms with Gasteiger partial charge >= 0.3 is 0 Å². The number of methoxy groups -OCH3 is 1. The van der Waals surface area contributed by atoms with Gasteiger partial charge in [0.2, 0.25) is 0 Å². The summed E-state index contributed by atoms with van der Waals surface area (Å²) in [5.41, 5.74) is 0.694. The molecular weight excluding hydrogens is 252 g/mol. The number of aliphatic hydroxyl groups excluding tert-OH is 1. The molecule has 1 N–H and O–H groups in total. The highest BCUT2D eigenvalue weighted by Gasteiger charge is 2.32. The minimum absolute atomic E-state index is 0.203. The molecule has 5 heteroatoms. The molecule has 1 atom stereocenters. The predicted octanol–water partition coefficient (Wildman–Crippen LogP) is 2.46. The first-order chi connectivity index (χ1) is 9.10. The van der Waals surface area contributed by atoms with E-state index in [1.54, 1.807) is 36.3 Å². The third-order valence-corrected chi connectivity index (χ3v) is 3.32. The molecule has 2 rings (SSSR count). The SMILES string of the molecule is COc1cccc(C(O)CN(CC(F)F)C2CC2)c1. The standard InChI is InChI=1S/C14H19F2NO2/c1-19-12-4-2-3-10(7-12)13(18)8-17(9-14(15)16)11-5-6-11/h2-4,7,11,13-14,18H,5-6,8-9H2,1H3. The average molecular weight is 271 g/mol. The number of benzene rings is 1. The van der Waals surface area contributed by atoms with Gasteiger partial charge in [0.05, 0.1) is 19.8 Å². The highest BCUT2D eigenvalue weighted by Crippen LogP contribution is 2.30. The van der Waals surface area contributed by atoms with Crippen LogP contribution in [0.3, 0.4) is 0 Å². The van der Waals surface area contributed by atoms with Gasteiger partial charge in [-0.1, -0.05) is 12.1 Å². The van der Waals surface area contributed by atoms with Gasteiger partial charge in [-0.05, 0) is 30.5 Å². The average Bonchev–Trinajstić information content (AvgIpc) is 3.21. The summed E-state index contributed by atoms with van der Waals surface area (Å²) in [4.78, 5) is 1.68. The third kappa shape index (κ3) is 4.14. The molecule has 0 bridgehead atoms. The fourth-order valence-corrected chi connectivity index (χ4v) is 2.17. The van der Waals surface area contributed by atoms with E-state index in [2.05, 4.69) is 0 Å². The molecule has 1 aromatic rings. The molecule has 1 aromatic carbocycles. The molecule has 1 aliphatic carbocycles. The van der Waals surface area contributed by atoms with E-state index >= 15 is 0 Å². The molecule has 0 saturated heterocycles. The first-order valence-electron chi connectivity index (χ1n) is 6.44. The molecule has 3 nitrogen and oxygen atoms in total. The Hall–Kier alpha value is -1.20. The maximum Gasteiger partial charge on any atom is 0.251 e. The van der Waals surface area contributed by atoms with E-state index in [0.29, 0.717) is 11.3 Å². The van der Waals surface area contributed by atoms with Crippen molar-refractivity contribution in [1.82, 2.24) is 4.90 Å². The number of hydrogen-bond acceptors (Lipinski definition) is 3. The normalized spacial score (nSPS) is 16.9. The van der Waals surface area contributed by atoms with E-state index in [-0.39, 0.29) is 19.1 Å². The van der Waals surface area contributed by atoms with E-state index in [1.807, 2.05) is 0 Å². The number of rotatable bonds is 7. The monoisotopic (exact) mass is 271 g/mol. The lowest BCUT2D eigenvalue weighted by Gasteiger charge is -2.24. The van der Waals surface area contributed by atoms with Gasteiger partial charge in [-0.25, -0.2) is 8.78 Å². The second-order valence-electron chi connectivity index (χ2n) is 4.87. The molecule has 0 spiro atoms. The second kappa shape index (κ2) is 6.30. The van der Waals surface area contributed by atoms with E-state index in [1.165, 1.54) is 0 Å². The largest absolute Gasteiger partial charge is 0.497 e. The first-order valence-corrected chi connectivity index (χ1v) is 6.44. The highest BCUT2D eigenvalue weighted by molar-refractivity contribution is 5.30. The van der Waals surface area contributed by atoms with E-state index in [4.69, 9.17) is 4.74 Å². The van der Waals surface area contributed by atoms with Gasteiger partial charge in [0.15, 0.2) is 0 Å². The van der Waals surface area contributed by atoms with Crippen LogP contribution in [0.25, 0.3) is 0 Å². The van der Waals surface area contributed by atoms with Crippen LogP contribution in [-0.2, 0) is 0 Å². The summed E-state index contributed by atoms with van der Waals surface area (Å²) in [5, 5.41) is 10.2. The van der Waals surface area contributed by atoms with Gasteiger partial charge in [0.1, 0.15) is 5.75 Å². The zero-order chi connectivity index (χ0) is 13.8. The molecule has 1 unspecified atom stereocenters. The highest BCUT2D eigenvalue weighted by atomic mass is 19.3. The zero-order valence-corrected chi connectivity index (χ0v) is 10.9. The smallest absolute Gasteiger partial charge is 0.251 e. The fraction of sp³-hybridized carbons (Fsp3) is 0.571. The topological polar surface area (TPSA) is 32.7 Å². The van der Waals surface area contributed by atoms with Crippen molar-refractivity contribution in [2.75, 3.05) is 20.2 Å². The van der Waals surface area contributed by atoms with Crippen molar-refractivity contribution in [3.8, 4) is 5.75 Å². The van der Waals surface area contributed by atoms with Gasteiger partial charge in [0, 0.05) is 12.6 Å². The molecule has 106 valence electrons. The van der Waals surface area contributed by atoms with Crippen LogP contribution in [-0.4, -0.2) is 42.7 Å². The van der Waals surface area contributed by atoms with Crippen LogP contribution in [0, 0.1) is 0 Å². The van der Waals surface area contributed by atoms with Crippen molar-refractivity contribution in [3.05, 3.63) is 29.8 Å². The number of alkyl halides is 2. The van der Waals surface area contributed by atoms with Gasteiger partial charge in [-0.15, -0.1) is 0 Å². The Morgan fingerprint density at radius 1 is 1.37 bits per heavy atom. The lowest BCUT2D eigenvalue weighted by molar-refractivity contribution is 0.0502. The zero-order valence-electron chi connectivity index (χ0n) is 10.9. The van der Waals surface area contributed by atoms with E-state index < -0.39 is 12.5 Å². The second-order valence-corrected chi connectivity index (χ2v) is 4.87. The third-order valence-electron chi connectivity index (χ3n) is 3.32. The Morgan fingerprint density at radius 2 is 2.11 bits per heavy atom. The van der Waals surface area contributed by atoms with E-state index in [0.717, 1.165) is 12.8 Å². The minimum Gasteiger partial charge on any atom is -0.497 e. The number of ether oxygens (including phenoxy) is 1. The van der Waals surface area contributed by atoms with Crippen LogP contribution in [0.1, 0.15) is 24.5 Å². The van der Waals surface area contributed by atoms with Crippen LogP contribution >= 0.6 is 0 Å². The van der Waals surface area contributed by atoms with Crippen LogP contribution in [0.2, 0.25) is 0 Å². The predicted molar refractivity (Wildman–Crippen MR) is 68.6 cm³/mol. The van der Waals surface area contributed by atoms with Crippen LogP contribution in [0.5, 0.6) is 5.75 Å². The van der Waals surface area contributed by atoms with Gasteiger partial charge in [0.25, 0.3) is 6.43 Å². The molecule has 0 radical (unpaired) electrons.